The van der Waals surface area contributed by atoms with Crippen LogP contribution >= 0.6 is 0 Å². The maximum Gasteiger partial charge on any atom is 0.165 e. The molecule has 0 saturated carbocycles. The first-order valence-corrected chi connectivity index (χ1v) is 7.50. The maximum atomic E-state index is 10.1. The predicted molar refractivity (Wildman–Crippen MR) is 90.0 cm³/mol. The first-order chi connectivity index (χ1) is 10.7. The molecule has 0 fully saturated rings. The SMILES string of the molecule is CC[C@H](C)Nc1nc(-c2ccccc2O)nc2ccccc12. The Morgan fingerprint density at radius 2 is 1.77 bits per heavy atom. The number of anilines is 1. The van der Waals surface area contributed by atoms with Crippen molar-refractivity contribution in [2.75, 3.05) is 5.32 Å². The highest BCUT2D eigenvalue weighted by atomic mass is 16.3. The number of benzene rings is 2. The standard InChI is InChI=1S/C18H19N3O/c1-3-12(2)19-17-13-8-4-6-10-15(13)20-18(21-17)14-9-5-7-11-16(14)22/h4-12,22H,3H2,1-2H3,(H,19,20,21)/t12-/m0/s1. The van der Waals surface area contributed by atoms with Gasteiger partial charge in [-0.2, -0.15) is 0 Å². The third-order valence-corrected chi connectivity index (χ3v) is 3.74. The summed E-state index contributed by atoms with van der Waals surface area (Å²) in [4.78, 5) is 9.23. The minimum Gasteiger partial charge on any atom is -0.507 e. The van der Waals surface area contributed by atoms with Gasteiger partial charge >= 0.3 is 0 Å². The van der Waals surface area contributed by atoms with Gasteiger partial charge in [-0.1, -0.05) is 31.2 Å². The molecule has 0 bridgehead atoms. The lowest BCUT2D eigenvalue weighted by Gasteiger charge is -2.15. The Labute approximate surface area is 129 Å². The third-order valence-electron chi connectivity index (χ3n) is 3.74. The predicted octanol–water partition coefficient (Wildman–Crippen LogP) is 4.21. The Hall–Kier alpha value is -2.62. The molecule has 0 radical (unpaired) electrons. The van der Waals surface area contributed by atoms with Crippen molar-refractivity contribution >= 4 is 16.7 Å². The van der Waals surface area contributed by atoms with Crippen molar-refractivity contribution in [3.8, 4) is 17.1 Å². The minimum absolute atomic E-state index is 0.187. The Kier molecular flexibility index (Phi) is 3.92. The van der Waals surface area contributed by atoms with E-state index in [2.05, 4.69) is 29.1 Å². The molecular formula is C18H19N3O. The molecule has 0 spiro atoms. The molecule has 1 heterocycles. The highest BCUT2D eigenvalue weighted by Gasteiger charge is 2.12. The molecule has 4 nitrogen and oxygen atoms in total. The fourth-order valence-corrected chi connectivity index (χ4v) is 2.31. The van der Waals surface area contributed by atoms with Gasteiger partial charge in [0, 0.05) is 11.4 Å². The van der Waals surface area contributed by atoms with Crippen molar-refractivity contribution in [3.63, 3.8) is 0 Å². The van der Waals surface area contributed by atoms with Gasteiger partial charge in [-0.15, -0.1) is 0 Å². The van der Waals surface area contributed by atoms with E-state index in [1.165, 1.54) is 0 Å². The fraction of sp³-hybridized carbons (Fsp3) is 0.222. The molecule has 3 rings (SSSR count). The summed E-state index contributed by atoms with van der Waals surface area (Å²) < 4.78 is 0. The van der Waals surface area contributed by atoms with E-state index in [0.29, 0.717) is 17.4 Å². The number of aromatic nitrogens is 2. The summed E-state index contributed by atoms with van der Waals surface area (Å²) in [6.45, 7) is 4.25. The highest BCUT2D eigenvalue weighted by molar-refractivity contribution is 5.91. The van der Waals surface area contributed by atoms with Gasteiger partial charge in [-0.25, -0.2) is 9.97 Å². The second-order valence-corrected chi connectivity index (χ2v) is 5.38. The molecule has 0 aliphatic carbocycles. The molecule has 0 amide bonds. The normalized spacial score (nSPS) is 12.3. The number of nitrogens with zero attached hydrogens (tertiary/aromatic N) is 2. The molecule has 0 unspecified atom stereocenters. The van der Waals surface area contributed by atoms with Crippen molar-refractivity contribution in [2.45, 2.75) is 26.3 Å². The van der Waals surface area contributed by atoms with Crippen LogP contribution in [0.1, 0.15) is 20.3 Å². The molecule has 1 atom stereocenters. The van der Waals surface area contributed by atoms with Crippen molar-refractivity contribution in [1.29, 1.82) is 0 Å². The minimum atomic E-state index is 0.187. The summed E-state index contributed by atoms with van der Waals surface area (Å²) in [5, 5.41) is 14.5. The van der Waals surface area contributed by atoms with Crippen molar-refractivity contribution in [2.24, 2.45) is 0 Å². The van der Waals surface area contributed by atoms with Crippen LogP contribution in [-0.4, -0.2) is 21.1 Å². The van der Waals surface area contributed by atoms with E-state index in [9.17, 15) is 5.11 Å². The van der Waals surface area contributed by atoms with Crippen LogP contribution in [0, 0.1) is 0 Å². The lowest BCUT2D eigenvalue weighted by atomic mass is 10.1. The van der Waals surface area contributed by atoms with E-state index in [1.807, 2.05) is 36.4 Å². The number of nitrogens with one attached hydrogen (secondary N) is 1. The largest absolute Gasteiger partial charge is 0.507 e. The Bertz CT molecular complexity index is 801. The molecule has 1 aromatic heterocycles. The number of phenols is 1. The van der Waals surface area contributed by atoms with Gasteiger partial charge in [-0.05, 0) is 37.6 Å². The zero-order valence-corrected chi connectivity index (χ0v) is 12.7. The molecule has 0 aliphatic heterocycles. The quantitative estimate of drug-likeness (QED) is 0.756. The smallest absolute Gasteiger partial charge is 0.165 e. The molecule has 0 saturated heterocycles. The zero-order chi connectivity index (χ0) is 15.5. The second kappa shape index (κ2) is 6.02. The molecule has 22 heavy (non-hydrogen) atoms. The van der Waals surface area contributed by atoms with E-state index in [0.717, 1.165) is 23.1 Å². The molecule has 2 aromatic carbocycles. The number of hydrogen-bond acceptors (Lipinski definition) is 4. The average molecular weight is 293 g/mol. The first-order valence-electron chi connectivity index (χ1n) is 7.50. The van der Waals surface area contributed by atoms with Gasteiger partial charge in [0.1, 0.15) is 11.6 Å². The van der Waals surface area contributed by atoms with Crippen LogP contribution in [0.3, 0.4) is 0 Å². The number of para-hydroxylation sites is 2. The Morgan fingerprint density at radius 1 is 1.05 bits per heavy atom. The second-order valence-electron chi connectivity index (χ2n) is 5.38. The van der Waals surface area contributed by atoms with Crippen molar-refractivity contribution in [1.82, 2.24) is 9.97 Å². The summed E-state index contributed by atoms with van der Waals surface area (Å²) >= 11 is 0. The topological polar surface area (TPSA) is 58.0 Å². The van der Waals surface area contributed by atoms with Crippen LogP contribution in [0.2, 0.25) is 0 Å². The van der Waals surface area contributed by atoms with Crippen LogP contribution in [0.15, 0.2) is 48.5 Å². The van der Waals surface area contributed by atoms with E-state index in [1.54, 1.807) is 12.1 Å². The summed E-state index contributed by atoms with van der Waals surface area (Å²) in [7, 11) is 0. The monoisotopic (exact) mass is 293 g/mol. The van der Waals surface area contributed by atoms with Crippen LogP contribution in [-0.2, 0) is 0 Å². The summed E-state index contributed by atoms with van der Waals surface area (Å²) in [5.74, 6) is 1.52. The van der Waals surface area contributed by atoms with Crippen LogP contribution < -0.4 is 5.32 Å². The van der Waals surface area contributed by atoms with Crippen LogP contribution in [0.4, 0.5) is 5.82 Å². The first kappa shape index (κ1) is 14.3. The van der Waals surface area contributed by atoms with Crippen LogP contribution in [0.25, 0.3) is 22.3 Å². The molecule has 4 heteroatoms. The van der Waals surface area contributed by atoms with Gasteiger partial charge in [0.15, 0.2) is 5.82 Å². The van der Waals surface area contributed by atoms with E-state index >= 15 is 0 Å². The van der Waals surface area contributed by atoms with Crippen LogP contribution in [0.5, 0.6) is 5.75 Å². The Balaban J connectivity index is 2.18. The van der Waals surface area contributed by atoms with E-state index in [4.69, 9.17) is 0 Å². The van der Waals surface area contributed by atoms with Gasteiger partial charge in [0.2, 0.25) is 0 Å². The fourth-order valence-electron chi connectivity index (χ4n) is 2.31. The number of hydrogen-bond donors (Lipinski definition) is 2. The molecular weight excluding hydrogens is 274 g/mol. The molecule has 2 N–H and O–H groups in total. The average Bonchev–Trinajstić information content (AvgIpc) is 2.55. The van der Waals surface area contributed by atoms with Crippen molar-refractivity contribution in [3.05, 3.63) is 48.5 Å². The van der Waals surface area contributed by atoms with Gasteiger partial charge in [0.25, 0.3) is 0 Å². The van der Waals surface area contributed by atoms with E-state index in [-0.39, 0.29) is 5.75 Å². The summed E-state index contributed by atoms with van der Waals surface area (Å²) in [6, 6.07) is 15.4. The lowest BCUT2D eigenvalue weighted by Crippen LogP contribution is -2.15. The number of fused-ring (bicyclic) bond motifs is 1. The highest BCUT2D eigenvalue weighted by Crippen LogP contribution is 2.30. The molecule has 112 valence electrons. The third kappa shape index (κ3) is 2.72. The van der Waals surface area contributed by atoms with Gasteiger partial charge < -0.3 is 10.4 Å². The summed E-state index contributed by atoms with van der Waals surface area (Å²) in [6.07, 6.45) is 1.00. The lowest BCUT2D eigenvalue weighted by molar-refractivity contribution is 0.477. The zero-order valence-electron chi connectivity index (χ0n) is 12.7. The van der Waals surface area contributed by atoms with E-state index < -0.39 is 0 Å². The number of aromatic hydroxyl groups is 1. The Morgan fingerprint density at radius 3 is 2.55 bits per heavy atom. The van der Waals surface area contributed by atoms with Crippen molar-refractivity contribution < 1.29 is 5.11 Å². The number of rotatable bonds is 4. The maximum absolute atomic E-state index is 10.1. The van der Waals surface area contributed by atoms with Gasteiger partial charge in [0.05, 0.1) is 11.1 Å². The number of phenolic OH excluding ortho intramolecular Hbond substituents is 1. The summed E-state index contributed by atoms with van der Waals surface area (Å²) in [5.41, 5.74) is 1.50. The van der Waals surface area contributed by atoms with Gasteiger partial charge in [-0.3, -0.25) is 0 Å². The molecule has 0 aliphatic rings. The molecule has 3 aromatic rings.